The van der Waals surface area contributed by atoms with Gasteiger partial charge in [-0.2, -0.15) is 5.10 Å². The van der Waals surface area contributed by atoms with Crippen LogP contribution in [0.5, 0.6) is 5.75 Å². The van der Waals surface area contributed by atoms with Gasteiger partial charge in [-0.05, 0) is 65.1 Å². The molecule has 0 fully saturated rings. The number of benzene rings is 2. The van der Waals surface area contributed by atoms with Crippen molar-refractivity contribution < 1.29 is 13.9 Å². The van der Waals surface area contributed by atoms with Crippen LogP contribution < -0.4 is 10.2 Å². The first-order valence-corrected chi connectivity index (χ1v) is 9.47. The van der Waals surface area contributed by atoms with Crippen molar-refractivity contribution in [3.63, 3.8) is 0 Å². The quantitative estimate of drug-likeness (QED) is 0.287. The Bertz CT molecular complexity index is 969. The molecular weight excluding hydrogens is 511 g/mol. The number of rotatable bonds is 5. The molecule has 0 saturated heterocycles. The molecule has 26 heavy (non-hydrogen) atoms. The number of hydrogen-bond acceptors (Lipinski definition) is 4. The van der Waals surface area contributed by atoms with Crippen LogP contribution in [0.4, 0.5) is 0 Å². The SMILES string of the molecule is COc1cc(C(=O)N/N=C\c2ccc(-c3cccc(Br)c3)o2)ccc1I. The lowest BCUT2D eigenvalue weighted by Gasteiger charge is -2.05. The summed E-state index contributed by atoms with van der Waals surface area (Å²) >= 11 is 5.58. The molecule has 132 valence electrons. The summed E-state index contributed by atoms with van der Waals surface area (Å²) < 4.78 is 12.8. The van der Waals surface area contributed by atoms with Gasteiger partial charge in [-0.1, -0.05) is 28.1 Å². The number of ether oxygens (including phenoxy) is 1. The van der Waals surface area contributed by atoms with E-state index in [1.807, 2.05) is 36.4 Å². The van der Waals surface area contributed by atoms with E-state index in [9.17, 15) is 4.79 Å². The van der Waals surface area contributed by atoms with E-state index in [0.29, 0.717) is 17.1 Å². The Hall–Kier alpha value is -2.13. The molecular formula is C19H14BrIN2O3. The number of amides is 1. The molecule has 0 aliphatic rings. The molecule has 0 atom stereocenters. The minimum atomic E-state index is -0.324. The van der Waals surface area contributed by atoms with Crippen molar-refractivity contribution >= 4 is 50.6 Å². The maximum Gasteiger partial charge on any atom is 0.271 e. The lowest BCUT2D eigenvalue weighted by Crippen LogP contribution is -2.17. The third kappa shape index (κ3) is 4.53. The van der Waals surface area contributed by atoms with Gasteiger partial charge in [0.2, 0.25) is 0 Å². The van der Waals surface area contributed by atoms with Crippen molar-refractivity contribution in [2.45, 2.75) is 0 Å². The second kappa shape index (κ2) is 8.50. The van der Waals surface area contributed by atoms with E-state index < -0.39 is 0 Å². The van der Waals surface area contributed by atoms with Gasteiger partial charge in [0.05, 0.1) is 16.9 Å². The van der Waals surface area contributed by atoms with Crippen LogP contribution in [0.15, 0.2) is 68.6 Å². The highest BCUT2D eigenvalue weighted by atomic mass is 127. The molecule has 0 aliphatic carbocycles. The second-order valence-corrected chi connectivity index (χ2v) is 7.34. The van der Waals surface area contributed by atoms with Crippen molar-refractivity contribution in [3.8, 4) is 17.1 Å². The Morgan fingerprint density at radius 2 is 2.08 bits per heavy atom. The first-order valence-electron chi connectivity index (χ1n) is 7.59. The van der Waals surface area contributed by atoms with Gasteiger partial charge in [0.25, 0.3) is 5.91 Å². The Morgan fingerprint density at radius 1 is 1.23 bits per heavy atom. The zero-order valence-electron chi connectivity index (χ0n) is 13.7. The fraction of sp³-hybridized carbons (Fsp3) is 0.0526. The molecule has 3 aromatic rings. The third-order valence-corrected chi connectivity index (χ3v) is 4.89. The van der Waals surface area contributed by atoms with Crippen LogP contribution in [0, 0.1) is 3.57 Å². The summed E-state index contributed by atoms with van der Waals surface area (Å²) in [4.78, 5) is 12.2. The highest BCUT2D eigenvalue weighted by Crippen LogP contribution is 2.24. The molecule has 0 radical (unpaired) electrons. The molecule has 0 spiro atoms. The van der Waals surface area contributed by atoms with Crippen molar-refractivity contribution in [1.82, 2.24) is 5.43 Å². The number of nitrogens with one attached hydrogen (secondary N) is 1. The number of methoxy groups -OCH3 is 1. The lowest BCUT2D eigenvalue weighted by atomic mass is 10.2. The minimum Gasteiger partial charge on any atom is -0.496 e. The largest absolute Gasteiger partial charge is 0.496 e. The molecule has 0 bridgehead atoms. The Balaban J connectivity index is 1.66. The second-order valence-electron chi connectivity index (χ2n) is 5.26. The number of nitrogens with zero attached hydrogens (tertiary/aromatic N) is 1. The van der Waals surface area contributed by atoms with E-state index in [1.165, 1.54) is 6.21 Å². The van der Waals surface area contributed by atoms with Gasteiger partial charge in [0, 0.05) is 15.6 Å². The van der Waals surface area contributed by atoms with Crippen molar-refractivity contribution in [1.29, 1.82) is 0 Å². The molecule has 1 amide bonds. The highest BCUT2D eigenvalue weighted by molar-refractivity contribution is 14.1. The van der Waals surface area contributed by atoms with Gasteiger partial charge in [0.1, 0.15) is 17.3 Å². The topological polar surface area (TPSA) is 63.8 Å². The number of furan rings is 1. The zero-order valence-corrected chi connectivity index (χ0v) is 17.4. The van der Waals surface area contributed by atoms with E-state index in [-0.39, 0.29) is 5.91 Å². The van der Waals surface area contributed by atoms with Crippen LogP contribution >= 0.6 is 38.5 Å². The van der Waals surface area contributed by atoms with Crippen LogP contribution in [0.25, 0.3) is 11.3 Å². The van der Waals surface area contributed by atoms with E-state index in [0.717, 1.165) is 19.4 Å². The predicted molar refractivity (Wildman–Crippen MR) is 113 cm³/mol. The average Bonchev–Trinajstić information content (AvgIpc) is 3.11. The number of hydrogen-bond donors (Lipinski definition) is 1. The van der Waals surface area contributed by atoms with Gasteiger partial charge in [-0.3, -0.25) is 4.79 Å². The molecule has 3 rings (SSSR count). The highest BCUT2D eigenvalue weighted by Gasteiger charge is 2.08. The number of carbonyl (C=O) groups is 1. The standard InChI is InChI=1S/C19H14BrIN2O3/c1-25-18-10-13(5-7-16(18)21)19(24)23-22-11-15-6-8-17(26-15)12-3-2-4-14(20)9-12/h2-11H,1H3,(H,23,24)/b22-11-. The fourth-order valence-corrected chi connectivity index (χ4v) is 3.19. The summed E-state index contributed by atoms with van der Waals surface area (Å²) in [7, 11) is 1.57. The van der Waals surface area contributed by atoms with Crippen molar-refractivity contribution in [2.75, 3.05) is 7.11 Å². The van der Waals surface area contributed by atoms with Crippen LogP contribution in [0.3, 0.4) is 0 Å². The maximum absolute atomic E-state index is 12.2. The third-order valence-electron chi connectivity index (χ3n) is 3.51. The fourth-order valence-electron chi connectivity index (χ4n) is 2.24. The molecule has 0 saturated carbocycles. The van der Waals surface area contributed by atoms with Gasteiger partial charge >= 0.3 is 0 Å². The molecule has 0 unspecified atom stereocenters. The Morgan fingerprint density at radius 3 is 2.85 bits per heavy atom. The molecule has 1 N–H and O–H groups in total. The Kier molecular flexibility index (Phi) is 6.10. The number of carbonyl (C=O) groups excluding carboxylic acids is 1. The summed E-state index contributed by atoms with van der Waals surface area (Å²) in [5.41, 5.74) is 3.90. The minimum absolute atomic E-state index is 0.324. The van der Waals surface area contributed by atoms with Crippen LogP contribution in [-0.2, 0) is 0 Å². The number of hydrazone groups is 1. The van der Waals surface area contributed by atoms with E-state index in [2.05, 4.69) is 49.0 Å². The normalized spacial score (nSPS) is 10.9. The van der Waals surface area contributed by atoms with Crippen LogP contribution in [0.1, 0.15) is 16.1 Å². The molecule has 1 heterocycles. The predicted octanol–water partition coefficient (Wildman–Crippen LogP) is 5.09. The summed E-state index contributed by atoms with van der Waals surface area (Å²) in [6, 6.07) is 16.7. The average molecular weight is 525 g/mol. The monoisotopic (exact) mass is 524 g/mol. The summed E-state index contributed by atoms with van der Waals surface area (Å²) in [6.07, 6.45) is 1.46. The van der Waals surface area contributed by atoms with E-state index in [4.69, 9.17) is 9.15 Å². The first kappa shape index (κ1) is 18.7. The van der Waals surface area contributed by atoms with Crippen LogP contribution in [0.2, 0.25) is 0 Å². The Labute approximate surface area is 172 Å². The van der Waals surface area contributed by atoms with Gasteiger partial charge in [0.15, 0.2) is 0 Å². The van der Waals surface area contributed by atoms with Crippen molar-refractivity contribution in [2.24, 2.45) is 5.10 Å². The van der Waals surface area contributed by atoms with E-state index >= 15 is 0 Å². The lowest BCUT2D eigenvalue weighted by molar-refractivity contribution is 0.0954. The van der Waals surface area contributed by atoms with Crippen molar-refractivity contribution in [3.05, 3.63) is 74.0 Å². The van der Waals surface area contributed by atoms with E-state index in [1.54, 1.807) is 25.3 Å². The van der Waals surface area contributed by atoms with Gasteiger partial charge in [-0.15, -0.1) is 0 Å². The molecule has 0 aliphatic heterocycles. The van der Waals surface area contributed by atoms with Gasteiger partial charge < -0.3 is 9.15 Å². The molecule has 5 nitrogen and oxygen atoms in total. The molecule has 7 heteroatoms. The number of halogens is 2. The molecule has 2 aromatic carbocycles. The first-order chi connectivity index (χ1) is 12.6. The summed E-state index contributed by atoms with van der Waals surface area (Å²) in [5.74, 6) is 1.59. The molecule has 1 aromatic heterocycles. The smallest absolute Gasteiger partial charge is 0.271 e. The summed E-state index contributed by atoms with van der Waals surface area (Å²) in [6.45, 7) is 0. The van der Waals surface area contributed by atoms with Gasteiger partial charge in [-0.25, -0.2) is 5.43 Å². The summed E-state index contributed by atoms with van der Waals surface area (Å²) in [5, 5.41) is 3.95. The zero-order chi connectivity index (χ0) is 18.5. The maximum atomic E-state index is 12.2. The van der Waals surface area contributed by atoms with Crippen LogP contribution in [-0.4, -0.2) is 19.2 Å².